The molecule has 1 aromatic rings. The van der Waals surface area contributed by atoms with Crippen molar-refractivity contribution in [3.05, 3.63) is 29.6 Å². The van der Waals surface area contributed by atoms with E-state index in [1.54, 1.807) is 13.0 Å². The Morgan fingerprint density at radius 3 is 2.88 bits per heavy atom. The molecule has 0 aromatic heterocycles. The topological polar surface area (TPSA) is 45.0 Å². The van der Waals surface area contributed by atoms with Crippen LogP contribution >= 0.6 is 0 Å². The highest BCUT2D eigenvalue weighted by Crippen LogP contribution is 2.18. The van der Waals surface area contributed by atoms with Crippen molar-refractivity contribution in [2.45, 2.75) is 26.3 Å². The summed E-state index contributed by atoms with van der Waals surface area (Å²) in [7, 11) is 0. The Morgan fingerprint density at radius 2 is 2.29 bits per heavy atom. The standard InChI is InChI=1S/C13H17FN2O/c1-3-16-12(9-15)6-7-17-13-5-4-11(14)8-10(13)2/h4-5,8,12,16H,3,6-7H2,1-2H3. The van der Waals surface area contributed by atoms with E-state index in [1.807, 2.05) is 6.92 Å². The van der Waals surface area contributed by atoms with E-state index in [0.717, 1.165) is 12.1 Å². The van der Waals surface area contributed by atoms with Crippen LogP contribution in [0.4, 0.5) is 4.39 Å². The van der Waals surface area contributed by atoms with Crippen molar-refractivity contribution >= 4 is 0 Å². The summed E-state index contributed by atoms with van der Waals surface area (Å²) < 4.78 is 18.4. The normalized spacial score (nSPS) is 11.9. The minimum absolute atomic E-state index is 0.194. The summed E-state index contributed by atoms with van der Waals surface area (Å²) in [6, 6.07) is 6.38. The molecule has 3 nitrogen and oxygen atoms in total. The van der Waals surface area contributed by atoms with Crippen molar-refractivity contribution in [3.8, 4) is 11.8 Å². The number of hydrogen-bond acceptors (Lipinski definition) is 3. The van der Waals surface area contributed by atoms with E-state index in [0.29, 0.717) is 18.8 Å². The van der Waals surface area contributed by atoms with Gasteiger partial charge in [0.15, 0.2) is 0 Å². The summed E-state index contributed by atoms with van der Waals surface area (Å²) in [4.78, 5) is 0. The summed E-state index contributed by atoms with van der Waals surface area (Å²) in [5.74, 6) is 0.400. The summed E-state index contributed by atoms with van der Waals surface area (Å²) in [5, 5.41) is 11.9. The lowest BCUT2D eigenvalue weighted by molar-refractivity contribution is 0.296. The van der Waals surface area contributed by atoms with E-state index in [4.69, 9.17) is 10.00 Å². The lowest BCUT2D eigenvalue weighted by Gasteiger charge is -2.12. The van der Waals surface area contributed by atoms with Gasteiger partial charge in [-0.3, -0.25) is 0 Å². The van der Waals surface area contributed by atoms with Crippen LogP contribution in [0.2, 0.25) is 0 Å². The molecule has 1 rings (SSSR count). The number of nitrogens with zero attached hydrogens (tertiary/aromatic N) is 1. The summed E-state index contributed by atoms with van der Waals surface area (Å²) in [6.45, 7) is 4.95. The molecule has 17 heavy (non-hydrogen) atoms. The number of rotatable bonds is 6. The second kappa shape index (κ2) is 6.87. The molecule has 0 bridgehead atoms. The summed E-state index contributed by atoms with van der Waals surface area (Å²) in [6.07, 6.45) is 0.612. The number of nitriles is 1. The van der Waals surface area contributed by atoms with Crippen LogP contribution in [0.25, 0.3) is 0 Å². The van der Waals surface area contributed by atoms with E-state index in [-0.39, 0.29) is 11.9 Å². The first kappa shape index (κ1) is 13.5. The molecule has 0 aliphatic rings. The van der Waals surface area contributed by atoms with Gasteiger partial charge >= 0.3 is 0 Å². The van der Waals surface area contributed by atoms with Crippen LogP contribution in [0.3, 0.4) is 0 Å². The molecule has 0 heterocycles. The highest BCUT2D eigenvalue weighted by molar-refractivity contribution is 5.32. The molecule has 1 aromatic carbocycles. The number of benzene rings is 1. The average Bonchev–Trinajstić information content (AvgIpc) is 2.30. The number of nitrogens with one attached hydrogen (secondary N) is 1. The van der Waals surface area contributed by atoms with Crippen LogP contribution in [0, 0.1) is 24.1 Å². The fourth-order valence-corrected chi connectivity index (χ4v) is 1.52. The van der Waals surface area contributed by atoms with E-state index in [1.165, 1.54) is 12.1 Å². The average molecular weight is 236 g/mol. The smallest absolute Gasteiger partial charge is 0.123 e. The summed E-state index contributed by atoms with van der Waals surface area (Å²) in [5.41, 5.74) is 0.766. The van der Waals surface area contributed by atoms with Crippen LogP contribution in [0.15, 0.2) is 18.2 Å². The SMILES string of the molecule is CCNC(C#N)CCOc1ccc(F)cc1C. The predicted octanol–water partition coefficient (Wildman–Crippen LogP) is 2.40. The maximum absolute atomic E-state index is 12.8. The van der Waals surface area contributed by atoms with Gasteiger partial charge in [-0.2, -0.15) is 5.26 Å². The van der Waals surface area contributed by atoms with Crippen LogP contribution in [-0.2, 0) is 0 Å². The molecule has 0 radical (unpaired) electrons. The molecule has 1 N–H and O–H groups in total. The number of halogens is 1. The molecule has 0 aliphatic heterocycles. The largest absolute Gasteiger partial charge is 0.493 e. The van der Waals surface area contributed by atoms with E-state index >= 15 is 0 Å². The first-order valence-electron chi connectivity index (χ1n) is 5.69. The number of aryl methyl sites for hydroxylation is 1. The predicted molar refractivity (Wildman–Crippen MR) is 64.3 cm³/mol. The quantitative estimate of drug-likeness (QED) is 0.825. The second-order valence-electron chi connectivity index (χ2n) is 3.79. The van der Waals surface area contributed by atoms with Gasteiger partial charge in [-0.15, -0.1) is 0 Å². The van der Waals surface area contributed by atoms with Gasteiger partial charge in [-0.1, -0.05) is 6.92 Å². The Labute approximate surface area is 101 Å². The molecule has 0 aliphatic carbocycles. The molecule has 1 atom stereocenters. The molecule has 0 fully saturated rings. The van der Waals surface area contributed by atoms with Crippen molar-refractivity contribution in [2.24, 2.45) is 0 Å². The number of hydrogen-bond donors (Lipinski definition) is 1. The lowest BCUT2D eigenvalue weighted by Crippen LogP contribution is -2.28. The second-order valence-corrected chi connectivity index (χ2v) is 3.79. The van der Waals surface area contributed by atoms with Gasteiger partial charge in [-0.25, -0.2) is 4.39 Å². The Balaban J connectivity index is 2.43. The van der Waals surface area contributed by atoms with Crippen molar-refractivity contribution in [3.63, 3.8) is 0 Å². The third-order valence-electron chi connectivity index (χ3n) is 2.41. The maximum Gasteiger partial charge on any atom is 0.123 e. The fraction of sp³-hybridized carbons (Fsp3) is 0.462. The lowest BCUT2D eigenvalue weighted by atomic mass is 10.2. The van der Waals surface area contributed by atoms with Gasteiger partial charge in [-0.05, 0) is 37.2 Å². The highest BCUT2D eigenvalue weighted by Gasteiger charge is 2.06. The van der Waals surface area contributed by atoms with E-state index in [2.05, 4.69) is 11.4 Å². The third-order valence-corrected chi connectivity index (χ3v) is 2.41. The minimum Gasteiger partial charge on any atom is -0.493 e. The van der Waals surface area contributed by atoms with Crippen molar-refractivity contribution in [1.29, 1.82) is 5.26 Å². The first-order chi connectivity index (χ1) is 8.17. The van der Waals surface area contributed by atoms with Gasteiger partial charge in [0.1, 0.15) is 11.6 Å². The fourth-order valence-electron chi connectivity index (χ4n) is 1.52. The van der Waals surface area contributed by atoms with Gasteiger partial charge in [0.2, 0.25) is 0 Å². The Kier molecular flexibility index (Phi) is 5.44. The molecule has 0 spiro atoms. The van der Waals surface area contributed by atoms with Crippen LogP contribution in [-0.4, -0.2) is 19.2 Å². The molecular formula is C13H17FN2O. The van der Waals surface area contributed by atoms with Gasteiger partial charge < -0.3 is 10.1 Å². The highest BCUT2D eigenvalue weighted by atomic mass is 19.1. The minimum atomic E-state index is -0.266. The third kappa shape index (κ3) is 4.41. The molecule has 0 amide bonds. The zero-order valence-electron chi connectivity index (χ0n) is 10.2. The number of ether oxygens (including phenoxy) is 1. The molecule has 1 unspecified atom stereocenters. The zero-order chi connectivity index (χ0) is 12.7. The van der Waals surface area contributed by atoms with Gasteiger partial charge in [0, 0.05) is 6.42 Å². The maximum atomic E-state index is 12.8. The van der Waals surface area contributed by atoms with Crippen molar-refractivity contribution in [1.82, 2.24) is 5.32 Å². The monoisotopic (exact) mass is 236 g/mol. The van der Waals surface area contributed by atoms with Crippen LogP contribution < -0.4 is 10.1 Å². The van der Waals surface area contributed by atoms with Crippen molar-refractivity contribution < 1.29 is 9.13 Å². The van der Waals surface area contributed by atoms with Crippen molar-refractivity contribution in [2.75, 3.05) is 13.2 Å². The van der Waals surface area contributed by atoms with E-state index < -0.39 is 0 Å². The summed E-state index contributed by atoms with van der Waals surface area (Å²) >= 11 is 0. The molecule has 0 saturated carbocycles. The van der Waals surface area contributed by atoms with Crippen LogP contribution in [0.5, 0.6) is 5.75 Å². The van der Waals surface area contributed by atoms with Crippen LogP contribution in [0.1, 0.15) is 18.9 Å². The van der Waals surface area contributed by atoms with Gasteiger partial charge in [0.05, 0.1) is 18.7 Å². The Hall–Kier alpha value is -1.60. The molecule has 4 heteroatoms. The van der Waals surface area contributed by atoms with Gasteiger partial charge in [0.25, 0.3) is 0 Å². The molecule has 92 valence electrons. The zero-order valence-corrected chi connectivity index (χ0v) is 10.2. The Bertz CT molecular complexity index is 401. The van der Waals surface area contributed by atoms with E-state index in [9.17, 15) is 4.39 Å². The molecular weight excluding hydrogens is 219 g/mol. The first-order valence-corrected chi connectivity index (χ1v) is 5.69. The molecule has 0 saturated heterocycles. The Morgan fingerprint density at radius 1 is 1.53 bits per heavy atom.